The van der Waals surface area contributed by atoms with E-state index in [4.69, 9.17) is 4.42 Å². The fourth-order valence-corrected chi connectivity index (χ4v) is 4.90. The molecule has 4 rings (SSSR count). The highest BCUT2D eigenvalue weighted by Gasteiger charge is 2.39. The molecule has 2 aromatic heterocycles. The van der Waals surface area contributed by atoms with Crippen molar-refractivity contribution in [2.75, 3.05) is 11.1 Å². The highest BCUT2D eigenvalue weighted by atomic mass is 32.2. The molecule has 3 heterocycles. The normalized spacial score (nSPS) is 18.9. The van der Waals surface area contributed by atoms with E-state index in [9.17, 15) is 9.59 Å². The zero-order valence-electron chi connectivity index (χ0n) is 16.4. The predicted octanol–water partition coefficient (Wildman–Crippen LogP) is 4.37. The van der Waals surface area contributed by atoms with Crippen LogP contribution in [0.5, 0.6) is 0 Å². The standard InChI is InChI=1S/C21H25N3O3S/c1-11(2)9-10-28-21-23-19-18(20(26)24-21)17(15-8-7-12(3)27-15)16-13(22-19)5-4-6-14(16)25/h7-8,11,17H,4-6,9-10H2,1-3H3,(H2,22,23,24,26). The van der Waals surface area contributed by atoms with Gasteiger partial charge in [0.1, 0.15) is 17.3 Å². The van der Waals surface area contributed by atoms with Gasteiger partial charge >= 0.3 is 0 Å². The molecule has 7 heteroatoms. The molecule has 1 atom stereocenters. The molecule has 2 aromatic rings. The quantitative estimate of drug-likeness (QED) is 0.573. The molecule has 0 aromatic carbocycles. The fourth-order valence-electron chi connectivity index (χ4n) is 3.79. The summed E-state index contributed by atoms with van der Waals surface area (Å²) < 4.78 is 5.85. The fraction of sp³-hybridized carbons (Fsp3) is 0.476. The number of Topliss-reactive ketones (excluding diaryl/α,β-unsaturated/α-hetero) is 1. The van der Waals surface area contributed by atoms with E-state index in [1.165, 1.54) is 0 Å². The van der Waals surface area contributed by atoms with Gasteiger partial charge in [0, 0.05) is 23.4 Å². The van der Waals surface area contributed by atoms with Crippen LogP contribution in [0.2, 0.25) is 0 Å². The third kappa shape index (κ3) is 3.55. The summed E-state index contributed by atoms with van der Waals surface area (Å²) in [6, 6.07) is 3.72. The Labute approximate surface area is 168 Å². The Hall–Kier alpha value is -2.28. The van der Waals surface area contributed by atoms with Gasteiger partial charge in [-0.3, -0.25) is 9.59 Å². The first kappa shape index (κ1) is 19.1. The second-order valence-corrected chi connectivity index (χ2v) is 8.92. The van der Waals surface area contributed by atoms with Crippen LogP contribution in [0.1, 0.15) is 62.5 Å². The minimum absolute atomic E-state index is 0.0771. The number of thioether (sulfide) groups is 1. The molecule has 1 unspecified atom stereocenters. The number of hydrogen-bond donors (Lipinski definition) is 2. The summed E-state index contributed by atoms with van der Waals surface area (Å²) in [5, 5.41) is 3.90. The van der Waals surface area contributed by atoms with Crippen LogP contribution in [0.4, 0.5) is 5.82 Å². The van der Waals surface area contributed by atoms with E-state index in [-0.39, 0.29) is 11.3 Å². The number of aryl methyl sites for hydroxylation is 1. The van der Waals surface area contributed by atoms with E-state index in [1.807, 2.05) is 19.1 Å². The van der Waals surface area contributed by atoms with Gasteiger partial charge in [0.15, 0.2) is 10.9 Å². The van der Waals surface area contributed by atoms with Gasteiger partial charge in [0.05, 0.1) is 11.5 Å². The van der Waals surface area contributed by atoms with Gasteiger partial charge in [-0.25, -0.2) is 4.98 Å². The number of nitrogens with zero attached hydrogens (tertiary/aromatic N) is 1. The highest BCUT2D eigenvalue weighted by Crippen LogP contribution is 2.43. The number of carbonyl (C=O) groups is 1. The minimum atomic E-state index is -0.501. The summed E-state index contributed by atoms with van der Waals surface area (Å²) in [6.45, 7) is 6.21. The number of hydrogen-bond acceptors (Lipinski definition) is 6. The largest absolute Gasteiger partial charge is 0.465 e. The monoisotopic (exact) mass is 399 g/mol. The van der Waals surface area contributed by atoms with E-state index in [0.717, 1.165) is 36.5 Å². The van der Waals surface area contributed by atoms with Crippen molar-refractivity contribution in [2.45, 2.75) is 57.5 Å². The number of aromatic nitrogens is 2. The zero-order valence-corrected chi connectivity index (χ0v) is 17.2. The molecule has 0 saturated carbocycles. The molecule has 0 saturated heterocycles. The Morgan fingerprint density at radius 2 is 2.11 bits per heavy atom. The number of nitrogens with one attached hydrogen (secondary N) is 2. The molecule has 0 spiro atoms. The van der Waals surface area contributed by atoms with Crippen LogP contribution < -0.4 is 10.9 Å². The van der Waals surface area contributed by atoms with Gasteiger partial charge < -0.3 is 14.7 Å². The Balaban J connectivity index is 1.78. The summed E-state index contributed by atoms with van der Waals surface area (Å²) in [7, 11) is 0. The highest BCUT2D eigenvalue weighted by molar-refractivity contribution is 7.99. The average molecular weight is 400 g/mol. The van der Waals surface area contributed by atoms with Crippen molar-refractivity contribution >= 4 is 23.4 Å². The Morgan fingerprint density at radius 3 is 2.82 bits per heavy atom. The lowest BCUT2D eigenvalue weighted by Gasteiger charge is -2.31. The number of carbonyl (C=O) groups excluding carboxylic acids is 1. The van der Waals surface area contributed by atoms with E-state index in [2.05, 4.69) is 29.1 Å². The first-order chi connectivity index (χ1) is 13.4. The third-order valence-corrected chi connectivity index (χ3v) is 6.12. The summed E-state index contributed by atoms with van der Waals surface area (Å²) >= 11 is 1.55. The van der Waals surface area contributed by atoms with Crippen LogP contribution in [0.15, 0.2) is 37.8 Å². The van der Waals surface area contributed by atoms with E-state index in [0.29, 0.717) is 40.2 Å². The van der Waals surface area contributed by atoms with Crippen molar-refractivity contribution in [3.63, 3.8) is 0 Å². The van der Waals surface area contributed by atoms with Gasteiger partial charge in [-0.15, -0.1) is 0 Å². The molecule has 2 aliphatic rings. The van der Waals surface area contributed by atoms with Crippen molar-refractivity contribution in [3.8, 4) is 0 Å². The van der Waals surface area contributed by atoms with Gasteiger partial charge in [-0.05, 0) is 44.2 Å². The van der Waals surface area contributed by atoms with Gasteiger partial charge in [0.25, 0.3) is 5.56 Å². The molecule has 0 fully saturated rings. The Bertz CT molecular complexity index is 1000. The molecule has 148 valence electrons. The van der Waals surface area contributed by atoms with Gasteiger partial charge in [-0.1, -0.05) is 25.6 Å². The van der Waals surface area contributed by atoms with Crippen LogP contribution >= 0.6 is 11.8 Å². The Morgan fingerprint density at radius 1 is 1.29 bits per heavy atom. The molecule has 1 aliphatic heterocycles. The molecule has 28 heavy (non-hydrogen) atoms. The van der Waals surface area contributed by atoms with Gasteiger partial charge in [-0.2, -0.15) is 0 Å². The summed E-state index contributed by atoms with van der Waals surface area (Å²) in [6.07, 6.45) is 3.14. The summed E-state index contributed by atoms with van der Waals surface area (Å²) in [5.74, 6) is 2.99. The number of allylic oxidation sites excluding steroid dienone is 2. The number of rotatable bonds is 5. The van der Waals surface area contributed by atoms with Crippen molar-refractivity contribution < 1.29 is 9.21 Å². The Kier molecular flexibility index (Phi) is 5.19. The average Bonchev–Trinajstić information content (AvgIpc) is 3.06. The molecular formula is C21H25N3O3S. The number of anilines is 1. The maximum atomic E-state index is 13.0. The molecule has 0 bridgehead atoms. The molecule has 6 nitrogen and oxygen atoms in total. The zero-order chi connectivity index (χ0) is 19.8. The van der Waals surface area contributed by atoms with Crippen molar-refractivity contribution in [1.82, 2.24) is 9.97 Å². The second-order valence-electron chi connectivity index (χ2n) is 7.84. The SMILES string of the molecule is Cc1ccc(C2C3=C(CCCC3=O)Nc3nc(SCCC(C)C)[nH]c(=O)c32)o1. The predicted molar refractivity (Wildman–Crippen MR) is 110 cm³/mol. The maximum absolute atomic E-state index is 13.0. The number of H-pyrrole nitrogens is 1. The van der Waals surface area contributed by atoms with Crippen LogP contribution in [0, 0.1) is 12.8 Å². The van der Waals surface area contributed by atoms with E-state index >= 15 is 0 Å². The number of furan rings is 1. The molecule has 1 aliphatic carbocycles. The smallest absolute Gasteiger partial charge is 0.257 e. The summed E-state index contributed by atoms with van der Waals surface area (Å²) in [5.41, 5.74) is 1.78. The lowest BCUT2D eigenvalue weighted by atomic mass is 9.79. The third-order valence-electron chi connectivity index (χ3n) is 5.22. The first-order valence-electron chi connectivity index (χ1n) is 9.80. The lowest BCUT2D eigenvalue weighted by molar-refractivity contribution is -0.116. The molecular weight excluding hydrogens is 374 g/mol. The number of fused-ring (bicyclic) bond motifs is 1. The first-order valence-corrected chi connectivity index (χ1v) is 10.8. The second kappa shape index (κ2) is 7.62. The van der Waals surface area contributed by atoms with Crippen LogP contribution in [0.3, 0.4) is 0 Å². The summed E-state index contributed by atoms with van der Waals surface area (Å²) in [4.78, 5) is 33.4. The number of aromatic amines is 1. The van der Waals surface area contributed by atoms with E-state index in [1.54, 1.807) is 11.8 Å². The number of ketones is 1. The van der Waals surface area contributed by atoms with Crippen LogP contribution in [0.25, 0.3) is 0 Å². The van der Waals surface area contributed by atoms with Gasteiger partial charge in [0.2, 0.25) is 0 Å². The molecule has 0 amide bonds. The van der Waals surface area contributed by atoms with Crippen molar-refractivity contribution in [1.29, 1.82) is 0 Å². The van der Waals surface area contributed by atoms with Crippen LogP contribution in [-0.4, -0.2) is 21.5 Å². The molecule has 0 radical (unpaired) electrons. The van der Waals surface area contributed by atoms with E-state index < -0.39 is 5.92 Å². The molecule has 2 N–H and O–H groups in total. The van der Waals surface area contributed by atoms with Crippen molar-refractivity contribution in [3.05, 3.63) is 50.8 Å². The topological polar surface area (TPSA) is 88.0 Å². The van der Waals surface area contributed by atoms with Crippen molar-refractivity contribution in [2.24, 2.45) is 5.92 Å². The maximum Gasteiger partial charge on any atom is 0.257 e. The minimum Gasteiger partial charge on any atom is -0.465 e. The van der Waals surface area contributed by atoms with Crippen LogP contribution in [-0.2, 0) is 4.79 Å². The lowest BCUT2D eigenvalue weighted by Crippen LogP contribution is -2.32.